The van der Waals surface area contributed by atoms with Crippen LogP contribution in [0.25, 0.3) is 16.6 Å². The highest BCUT2D eigenvalue weighted by Gasteiger charge is 2.22. The van der Waals surface area contributed by atoms with Gasteiger partial charge in [-0.2, -0.15) is 5.10 Å². The van der Waals surface area contributed by atoms with E-state index in [9.17, 15) is 4.79 Å². The maximum atomic E-state index is 10.6. The van der Waals surface area contributed by atoms with Gasteiger partial charge < -0.3 is 20.1 Å². The Morgan fingerprint density at radius 1 is 1.23 bits per heavy atom. The van der Waals surface area contributed by atoms with Crippen molar-refractivity contribution in [2.75, 3.05) is 26.1 Å². The number of carbonyl (C=O) groups is 1. The minimum absolute atomic E-state index is 0.00881. The van der Waals surface area contributed by atoms with Gasteiger partial charge in [0.25, 0.3) is 0 Å². The summed E-state index contributed by atoms with van der Waals surface area (Å²) < 4.78 is 12.8. The van der Waals surface area contributed by atoms with Crippen molar-refractivity contribution >= 4 is 23.0 Å². The Labute approximate surface area is 203 Å². The molecule has 1 aliphatic rings. The third-order valence-electron chi connectivity index (χ3n) is 6.28. The molecule has 9 nitrogen and oxygen atoms in total. The lowest BCUT2D eigenvalue weighted by molar-refractivity contribution is -0.109. The molecule has 4 aromatic rings. The number of aromatic nitrogens is 4. The maximum absolute atomic E-state index is 10.6. The number of aldehydes is 1. The molecule has 0 aliphatic heterocycles. The van der Waals surface area contributed by atoms with Crippen molar-refractivity contribution in [2.24, 2.45) is 0 Å². The molecular weight excluding hydrogens is 444 g/mol. The summed E-state index contributed by atoms with van der Waals surface area (Å²) in [6.07, 6.45) is 7.50. The lowest BCUT2D eigenvalue weighted by Crippen LogP contribution is -2.34. The fourth-order valence-corrected chi connectivity index (χ4v) is 4.49. The standard InChI is InChI=1S/C26H28N6O3/c1-27-26-25(35-12-11-33)8-4-19(30-26)15-29-18-3-6-22-17(13-18)16-32(31-22)24-9-10-28-23-7-5-20(34-2)14-21(23)24/h4-5,7-11,14,16,18,29H,3,6,12-13,15H2,1-2H3,(H,27,30). The second-order valence-corrected chi connectivity index (χ2v) is 8.46. The van der Waals surface area contributed by atoms with E-state index in [0.717, 1.165) is 59.3 Å². The number of nitrogens with zero attached hydrogens (tertiary/aromatic N) is 4. The number of ether oxygens (including phenoxy) is 2. The van der Waals surface area contributed by atoms with Gasteiger partial charge in [-0.3, -0.25) is 9.78 Å². The van der Waals surface area contributed by atoms with Crippen molar-refractivity contribution in [3.8, 4) is 17.2 Å². The van der Waals surface area contributed by atoms with E-state index in [1.165, 1.54) is 5.56 Å². The van der Waals surface area contributed by atoms with Crippen LogP contribution in [0.4, 0.5) is 5.82 Å². The normalized spacial score (nSPS) is 15.0. The Kier molecular flexibility index (Phi) is 6.58. The van der Waals surface area contributed by atoms with Crippen molar-refractivity contribution in [3.05, 3.63) is 65.7 Å². The minimum atomic E-state index is 0.00881. The van der Waals surface area contributed by atoms with E-state index in [4.69, 9.17) is 14.6 Å². The monoisotopic (exact) mass is 472 g/mol. The van der Waals surface area contributed by atoms with Crippen LogP contribution in [0, 0.1) is 0 Å². The van der Waals surface area contributed by atoms with Crippen molar-refractivity contribution in [2.45, 2.75) is 31.8 Å². The molecule has 0 radical (unpaired) electrons. The molecule has 1 unspecified atom stereocenters. The van der Waals surface area contributed by atoms with Gasteiger partial charge in [0.15, 0.2) is 17.9 Å². The maximum Gasteiger partial charge on any atom is 0.168 e. The van der Waals surface area contributed by atoms with Crippen LogP contribution < -0.4 is 20.1 Å². The zero-order valence-electron chi connectivity index (χ0n) is 19.8. The number of fused-ring (bicyclic) bond motifs is 2. The average molecular weight is 473 g/mol. The third kappa shape index (κ3) is 4.81. The van der Waals surface area contributed by atoms with Gasteiger partial charge in [0, 0.05) is 37.4 Å². The number of pyridine rings is 2. The Bertz CT molecular complexity index is 1350. The van der Waals surface area contributed by atoms with E-state index in [1.54, 1.807) is 14.2 Å². The first-order chi connectivity index (χ1) is 17.2. The van der Waals surface area contributed by atoms with E-state index >= 15 is 0 Å². The molecule has 0 spiro atoms. The zero-order chi connectivity index (χ0) is 24.2. The zero-order valence-corrected chi connectivity index (χ0v) is 19.8. The number of nitrogens with one attached hydrogen (secondary N) is 2. The second kappa shape index (κ2) is 10.1. The van der Waals surface area contributed by atoms with Crippen LogP contribution in [0.3, 0.4) is 0 Å². The van der Waals surface area contributed by atoms with E-state index in [-0.39, 0.29) is 6.61 Å². The number of benzene rings is 1. The SMILES string of the molecule is CNc1nc(CNC2CCc3nn(-c4ccnc5ccc(OC)cc45)cc3C2)ccc1OCC=O. The largest absolute Gasteiger partial charge is 0.497 e. The summed E-state index contributed by atoms with van der Waals surface area (Å²) in [4.78, 5) is 19.7. The quantitative estimate of drug-likeness (QED) is 0.358. The summed E-state index contributed by atoms with van der Waals surface area (Å²) in [5, 5.41) is 12.6. The van der Waals surface area contributed by atoms with E-state index in [0.29, 0.717) is 24.2 Å². The number of anilines is 1. The van der Waals surface area contributed by atoms with Gasteiger partial charge in [-0.15, -0.1) is 0 Å². The molecule has 0 fully saturated rings. The first kappa shape index (κ1) is 22.8. The van der Waals surface area contributed by atoms with Crippen LogP contribution in [0.15, 0.2) is 48.8 Å². The molecule has 0 bridgehead atoms. The molecule has 1 aliphatic carbocycles. The highest BCUT2D eigenvalue weighted by Crippen LogP contribution is 2.28. The molecule has 0 amide bonds. The van der Waals surface area contributed by atoms with Crippen molar-refractivity contribution in [1.82, 2.24) is 25.1 Å². The smallest absolute Gasteiger partial charge is 0.168 e. The molecule has 2 N–H and O–H groups in total. The van der Waals surface area contributed by atoms with Crippen molar-refractivity contribution in [1.29, 1.82) is 0 Å². The lowest BCUT2D eigenvalue weighted by atomic mass is 9.93. The Morgan fingerprint density at radius 2 is 2.14 bits per heavy atom. The Hall–Kier alpha value is -3.98. The molecule has 1 aromatic carbocycles. The van der Waals surface area contributed by atoms with Crippen LogP contribution in [-0.2, 0) is 24.2 Å². The predicted molar refractivity (Wildman–Crippen MR) is 133 cm³/mol. The van der Waals surface area contributed by atoms with Gasteiger partial charge in [-0.25, -0.2) is 9.67 Å². The number of methoxy groups -OCH3 is 1. The van der Waals surface area contributed by atoms with Gasteiger partial charge in [0.1, 0.15) is 12.4 Å². The van der Waals surface area contributed by atoms with Crippen LogP contribution in [0.5, 0.6) is 11.5 Å². The van der Waals surface area contributed by atoms with E-state index in [1.807, 2.05) is 47.3 Å². The van der Waals surface area contributed by atoms with E-state index in [2.05, 4.69) is 26.8 Å². The molecule has 5 rings (SSSR count). The first-order valence-corrected chi connectivity index (χ1v) is 11.7. The highest BCUT2D eigenvalue weighted by atomic mass is 16.5. The molecule has 1 atom stereocenters. The number of aryl methyl sites for hydroxylation is 1. The van der Waals surface area contributed by atoms with Gasteiger partial charge >= 0.3 is 0 Å². The number of rotatable bonds is 9. The Morgan fingerprint density at radius 3 is 2.97 bits per heavy atom. The molecule has 3 heterocycles. The Balaban J connectivity index is 1.29. The lowest BCUT2D eigenvalue weighted by Gasteiger charge is -2.22. The number of hydrogen-bond acceptors (Lipinski definition) is 8. The van der Waals surface area contributed by atoms with Gasteiger partial charge in [-0.05, 0) is 61.2 Å². The minimum Gasteiger partial charge on any atom is -0.497 e. The fraction of sp³-hybridized carbons (Fsp3) is 0.308. The summed E-state index contributed by atoms with van der Waals surface area (Å²) in [6.45, 7) is 0.653. The van der Waals surface area contributed by atoms with Crippen LogP contribution >= 0.6 is 0 Å². The van der Waals surface area contributed by atoms with Crippen LogP contribution in [-0.4, -0.2) is 52.8 Å². The van der Waals surface area contributed by atoms with Gasteiger partial charge in [0.2, 0.25) is 0 Å². The molecule has 0 saturated heterocycles. The van der Waals surface area contributed by atoms with Crippen LogP contribution in [0.1, 0.15) is 23.4 Å². The summed E-state index contributed by atoms with van der Waals surface area (Å²) in [7, 11) is 3.46. The molecule has 180 valence electrons. The van der Waals surface area contributed by atoms with Crippen molar-refractivity contribution in [3.63, 3.8) is 0 Å². The van der Waals surface area contributed by atoms with Gasteiger partial charge in [-0.1, -0.05) is 0 Å². The van der Waals surface area contributed by atoms with Crippen LogP contribution in [0.2, 0.25) is 0 Å². The molecular formula is C26H28N6O3. The number of carbonyl (C=O) groups excluding carboxylic acids is 1. The summed E-state index contributed by atoms with van der Waals surface area (Å²) >= 11 is 0. The predicted octanol–water partition coefficient (Wildman–Crippen LogP) is 3.09. The molecule has 9 heteroatoms. The third-order valence-corrected chi connectivity index (χ3v) is 6.28. The average Bonchev–Trinajstić information content (AvgIpc) is 3.33. The summed E-state index contributed by atoms with van der Waals surface area (Å²) in [5.74, 6) is 1.99. The molecule has 3 aromatic heterocycles. The van der Waals surface area contributed by atoms with Crippen molar-refractivity contribution < 1.29 is 14.3 Å². The topological polar surface area (TPSA) is 103 Å². The van der Waals surface area contributed by atoms with Gasteiger partial charge in [0.05, 0.1) is 29.7 Å². The second-order valence-electron chi connectivity index (χ2n) is 8.46. The summed E-state index contributed by atoms with van der Waals surface area (Å²) in [6, 6.07) is 12.0. The molecule has 0 saturated carbocycles. The summed E-state index contributed by atoms with van der Waals surface area (Å²) in [5.41, 5.74) is 5.21. The number of hydrogen-bond donors (Lipinski definition) is 2. The molecule has 35 heavy (non-hydrogen) atoms. The van der Waals surface area contributed by atoms with E-state index < -0.39 is 0 Å². The highest BCUT2D eigenvalue weighted by molar-refractivity contribution is 5.88. The first-order valence-electron chi connectivity index (χ1n) is 11.7. The fourth-order valence-electron chi connectivity index (χ4n) is 4.49.